The zero-order valence-electron chi connectivity index (χ0n) is 7.52. The zero-order chi connectivity index (χ0) is 9.78. The van der Waals surface area contributed by atoms with Crippen molar-refractivity contribution in [3.8, 4) is 11.8 Å². The van der Waals surface area contributed by atoms with Crippen molar-refractivity contribution in [1.29, 1.82) is 0 Å². The number of aliphatic hydroxyl groups is 1. The highest BCUT2D eigenvalue weighted by Gasteiger charge is 2.12. The number of methoxy groups -OCH3 is 1. The first-order valence-corrected chi connectivity index (χ1v) is 3.49. The van der Waals surface area contributed by atoms with E-state index in [2.05, 4.69) is 18.4 Å². The number of hydrogen-bond donors (Lipinski definition) is 1. The van der Waals surface area contributed by atoms with Crippen molar-refractivity contribution < 1.29 is 14.2 Å². The van der Waals surface area contributed by atoms with Crippen LogP contribution in [0.2, 0.25) is 0 Å². The molecule has 2 nitrogen and oxygen atoms in total. The molecule has 0 amide bonds. The molecular formula is C9H13FO2. The molecule has 12 heavy (non-hydrogen) atoms. The van der Waals surface area contributed by atoms with E-state index >= 15 is 0 Å². The van der Waals surface area contributed by atoms with Gasteiger partial charge in [-0.25, -0.2) is 4.39 Å². The maximum Gasteiger partial charge on any atom is 0.165 e. The third-order valence-electron chi connectivity index (χ3n) is 1.32. The van der Waals surface area contributed by atoms with Crippen LogP contribution in [0.15, 0.2) is 12.4 Å². The Hall–Kier alpha value is -0.850. The Morgan fingerprint density at radius 3 is 2.50 bits per heavy atom. The summed E-state index contributed by atoms with van der Waals surface area (Å²) in [5.74, 6) is 3.99. The minimum atomic E-state index is -1.42. The standard InChI is InChI=1S/C9H13FO2/c1-7(10)8(11)5-6-9(2,3)12-4/h8,11H,1H2,2-4H3. The van der Waals surface area contributed by atoms with Gasteiger partial charge in [0.1, 0.15) is 11.4 Å². The van der Waals surface area contributed by atoms with E-state index in [1.807, 2.05) is 0 Å². The van der Waals surface area contributed by atoms with Crippen LogP contribution >= 0.6 is 0 Å². The Bertz CT molecular complexity index is 222. The Kier molecular flexibility index (Phi) is 3.94. The second-order valence-corrected chi connectivity index (χ2v) is 2.83. The molecule has 1 unspecified atom stereocenters. The molecule has 3 heteroatoms. The summed E-state index contributed by atoms with van der Waals surface area (Å²) in [5.41, 5.74) is -0.670. The topological polar surface area (TPSA) is 29.5 Å². The number of ether oxygens (including phenoxy) is 1. The zero-order valence-corrected chi connectivity index (χ0v) is 7.52. The highest BCUT2D eigenvalue weighted by atomic mass is 19.1. The summed E-state index contributed by atoms with van der Waals surface area (Å²) >= 11 is 0. The van der Waals surface area contributed by atoms with Crippen molar-refractivity contribution in [2.24, 2.45) is 0 Å². The summed E-state index contributed by atoms with van der Waals surface area (Å²) in [5, 5.41) is 8.88. The van der Waals surface area contributed by atoms with Crippen LogP contribution in [-0.2, 0) is 4.74 Å². The molecular weight excluding hydrogens is 159 g/mol. The lowest BCUT2D eigenvalue weighted by molar-refractivity contribution is 0.0737. The Morgan fingerprint density at radius 1 is 1.67 bits per heavy atom. The molecule has 0 radical (unpaired) electrons. The molecule has 0 heterocycles. The van der Waals surface area contributed by atoms with Crippen molar-refractivity contribution in [2.45, 2.75) is 25.6 Å². The predicted octanol–water partition coefficient (Wildman–Crippen LogP) is 1.26. The molecule has 68 valence electrons. The van der Waals surface area contributed by atoms with E-state index in [1.165, 1.54) is 7.11 Å². The number of hydrogen-bond acceptors (Lipinski definition) is 2. The van der Waals surface area contributed by atoms with Crippen LogP contribution in [0.4, 0.5) is 4.39 Å². The van der Waals surface area contributed by atoms with E-state index in [0.717, 1.165) is 0 Å². The second kappa shape index (κ2) is 4.24. The molecule has 0 saturated heterocycles. The smallest absolute Gasteiger partial charge is 0.165 e. The van der Waals surface area contributed by atoms with E-state index in [4.69, 9.17) is 9.84 Å². The molecule has 0 spiro atoms. The maximum atomic E-state index is 12.2. The van der Waals surface area contributed by atoms with Crippen LogP contribution in [0.3, 0.4) is 0 Å². The molecule has 0 aromatic carbocycles. The van der Waals surface area contributed by atoms with Gasteiger partial charge in [0, 0.05) is 7.11 Å². The van der Waals surface area contributed by atoms with Crippen molar-refractivity contribution in [2.75, 3.05) is 7.11 Å². The fraction of sp³-hybridized carbons (Fsp3) is 0.556. The summed E-state index contributed by atoms with van der Waals surface area (Å²) in [6, 6.07) is 0. The van der Waals surface area contributed by atoms with Gasteiger partial charge in [-0.3, -0.25) is 0 Å². The third kappa shape index (κ3) is 4.12. The van der Waals surface area contributed by atoms with E-state index in [1.54, 1.807) is 13.8 Å². The highest BCUT2D eigenvalue weighted by Crippen LogP contribution is 2.05. The van der Waals surface area contributed by atoms with Gasteiger partial charge in [0.25, 0.3) is 0 Å². The van der Waals surface area contributed by atoms with Crippen molar-refractivity contribution in [3.05, 3.63) is 12.4 Å². The number of halogens is 1. The summed E-state index contributed by atoms with van der Waals surface area (Å²) in [4.78, 5) is 0. The summed E-state index contributed by atoms with van der Waals surface area (Å²) < 4.78 is 17.1. The van der Waals surface area contributed by atoms with E-state index in [-0.39, 0.29) is 0 Å². The molecule has 0 saturated carbocycles. The molecule has 0 aliphatic heterocycles. The van der Waals surface area contributed by atoms with Crippen molar-refractivity contribution >= 4 is 0 Å². The van der Waals surface area contributed by atoms with Gasteiger partial charge >= 0.3 is 0 Å². The lowest BCUT2D eigenvalue weighted by Crippen LogP contribution is -2.20. The van der Waals surface area contributed by atoms with Gasteiger partial charge in [-0.2, -0.15) is 0 Å². The molecule has 0 bridgehead atoms. The van der Waals surface area contributed by atoms with Crippen molar-refractivity contribution in [3.63, 3.8) is 0 Å². The quantitative estimate of drug-likeness (QED) is 0.635. The van der Waals surface area contributed by atoms with Gasteiger partial charge in [-0.15, -0.1) is 0 Å². The van der Waals surface area contributed by atoms with Gasteiger partial charge in [0.05, 0.1) is 0 Å². The first-order chi connectivity index (χ1) is 5.39. The van der Waals surface area contributed by atoms with Gasteiger partial charge in [-0.05, 0) is 13.8 Å². The highest BCUT2D eigenvalue weighted by molar-refractivity contribution is 5.19. The van der Waals surface area contributed by atoms with E-state index < -0.39 is 17.5 Å². The van der Waals surface area contributed by atoms with E-state index in [9.17, 15) is 4.39 Å². The molecule has 1 atom stereocenters. The first-order valence-electron chi connectivity index (χ1n) is 3.49. The number of rotatable bonds is 2. The third-order valence-corrected chi connectivity index (χ3v) is 1.32. The number of aliphatic hydroxyl groups excluding tert-OH is 1. The fourth-order valence-electron chi connectivity index (χ4n) is 0.371. The average molecular weight is 172 g/mol. The second-order valence-electron chi connectivity index (χ2n) is 2.83. The van der Waals surface area contributed by atoms with E-state index in [0.29, 0.717) is 0 Å². The molecule has 1 N–H and O–H groups in total. The lowest BCUT2D eigenvalue weighted by Gasteiger charge is -2.14. The van der Waals surface area contributed by atoms with Gasteiger partial charge < -0.3 is 9.84 Å². The molecule has 0 aliphatic rings. The summed E-state index contributed by atoms with van der Waals surface area (Å²) in [6.07, 6.45) is -1.42. The molecule has 0 rings (SSSR count). The fourth-order valence-corrected chi connectivity index (χ4v) is 0.371. The largest absolute Gasteiger partial charge is 0.374 e. The lowest BCUT2D eigenvalue weighted by atomic mass is 10.1. The minimum Gasteiger partial charge on any atom is -0.374 e. The molecule has 0 aromatic rings. The average Bonchev–Trinajstić information content (AvgIpc) is 2.00. The van der Waals surface area contributed by atoms with Gasteiger partial charge in [-0.1, -0.05) is 18.4 Å². The monoisotopic (exact) mass is 172 g/mol. The van der Waals surface area contributed by atoms with Crippen LogP contribution in [0.1, 0.15) is 13.8 Å². The Morgan fingerprint density at radius 2 is 2.17 bits per heavy atom. The minimum absolute atomic E-state index is 0.670. The van der Waals surface area contributed by atoms with Crippen LogP contribution in [0.25, 0.3) is 0 Å². The van der Waals surface area contributed by atoms with Crippen LogP contribution in [0.5, 0.6) is 0 Å². The molecule has 0 fully saturated rings. The molecule has 0 aromatic heterocycles. The predicted molar refractivity (Wildman–Crippen MR) is 45.1 cm³/mol. The van der Waals surface area contributed by atoms with Crippen LogP contribution in [-0.4, -0.2) is 23.9 Å². The summed E-state index contributed by atoms with van der Waals surface area (Å²) in [7, 11) is 1.49. The van der Waals surface area contributed by atoms with Crippen LogP contribution < -0.4 is 0 Å². The van der Waals surface area contributed by atoms with Gasteiger partial charge in [0.15, 0.2) is 6.10 Å². The van der Waals surface area contributed by atoms with Crippen molar-refractivity contribution in [1.82, 2.24) is 0 Å². The summed E-state index contributed by atoms with van der Waals surface area (Å²) in [6.45, 7) is 6.35. The van der Waals surface area contributed by atoms with Crippen LogP contribution in [0, 0.1) is 11.8 Å². The molecule has 0 aliphatic carbocycles. The maximum absolute atomic E-state index is 12.2. The van der Waals surface area contributed by atoms with Gasteiger partial charge in [0.2, 0.25) is 0 Å². The SMILES string of the molecule is C=C(F)C(O)C#CC(C)(C)OC. The Labute approximate surface area is 72.0 Å². The normalized spacial score (nSPS) is 13.1. The first kappa shape index (κ1) is 11.2. The Balaban J connectivity index is 4.30.